The van der Waals surface area contributed by atoms with Crippen LogP contribution in [0, 0.1) is 0 Å². The molecule has 2 rings (SSSR count). The summed E-state index contributed by atoms with van der Waals surface area (Å²) < 4.78 is 5.06. The maximum atomic E-state index is 11.4. The van der Waals surface area contributed by atoms with Crippen LogP contribution in [0.15, 0.2) is 42.5 Å². The number of methoxy groups -OCH3 is 1. The molecule has 1 aliphatic rings. The lowest BCUT2D eigenvalue weighted by atomic mass is 9.77. The van der Waals surface area contributed by atoms with Gasteiger partial charge >= 0.3 is 0 Å². The summed E-state index contributed by atoms with van der Waals surface area (Å²) in [5.41, 5.74) is 0.179. The van der Waals surface area contributed by atoms with E-state index in [2.05, 4.69) is 0 Å². The lowest BCUT2D eigenvalue weighted by molar-refractivity contribution is -0.111. The molecule has 0 saturated carbocycles. The van der Waals surface area contributed by atoms with E-state index in [0.29, 0.717) is 12.2 Å². The average Bonchev–Trinajstić information content (AvgIpc) is 2.40. The highest BCUT2D eigenvalue weighted by molar-refractivity contribution is 5.74. The summed E-state index contributed by atoms with van der Waals surface area (Å²) in [6.45, 7) is 0. The van der Waals surface area contributed by atoms with E-state index in [0.717, 1.165) is 11.8 Å². The van der Waals surface area contributed by atoms with E-state index in [4.69, 9.17) is 4.74 Å². The van der Waals surface area contributed by atoms with Crippen molar-refractivity contribution in [2.24, 2.45) is 0 Å². The molecule has 1 aromatic rings. The van der Waals surface area contributed by atoms with Gasteiger partial charge in [-0.3, -0.25) is 0 Å². The average molecular weight is 230 g/mol. The highest BCUT2D eigenvalue weighted by Gasteiger charge is 2.29. The van der Waals surface area contributed by atoms with Gasteiger partial charge < -0.3 is 14.6 Å². The van der Waals surface area contributed by atoms with E-state index in [9.17, 15) is 9.90 Å². The van der Waals surface area contributed by atoms with Gasteiger partial charge in [-0.05, 0) is 24.1 Å². The van der Waals surface area contributed by atoms with Gasteiger partial charge in [-0.2, -0.15) is 0 Å². The van der Waals surface area contributed by atoms with Crippen LogP contribution < -0.4 is 4.74 Å². The van der Waals surface area contributed by atoms with Crippen molar-refractivity contribution in [1.29, 1.82) is 0 Å². The van der Waals surface area contributed by atoms with Gasteiger partial charge in [0.1, 0.15) is 6.29 Å². The zero-order valence-electron chi connectivity index (χ0n) is 9.59. The Morgan fingerprint density at radius 1 is 1.41 bits per heavy atom. The Bertz CT molecular complexity index is 488. The van der Waals surface area contributed by atoms with Crippen molar-refractivity contribution in [2.75, 3.05) is 7.11 Å². The molecule has 0 fully saturated rings. The highest BCUT2D eigenvalue weighted by atomic mass is 16.5. The number of phenols is 1. The molecule has 17 heavy (non-hydrogen) atoms. The van der Waals surface area contributed by atoms with Gasteiger partial charge in [-0.25, -0.2) is 0 Å². The molecule has 1 aliphatic carbocycles. The number of ether oxygens (including phenoxy) is 1. The number of benzene rings is 1. The monoisotopic (exact) mass is 230 g/mol. The van der Waals surface area contributed by atoms with Crippen LogP contribution >= 0.6 is 0 Å². The third-order valence-corrected chi connectivity index (χ3v) is 3.02. The summed E-state index contributed by atoms with van der Waals surface area (Å²) in [6.07, 6.45) is 9.15. The summed E-state index contributed by atoms with van der Waals surface area (Å²) in [5.74, 6) is 0.458. The second kappa shape index (κ2) is 4.45. The van der Waals surface area contributed by atoms with Crippen molar-refractivity contribution >= 4 is 6.29 Å². The predicted octanol–water partition coefficient (Wildman–Crippen LogP) is 2.35. The van der Waals surface area contributed by atoms with Crippen molar-refractivity contribution < 1.29 is 14.6 Å². The van der Waals surface area contributed by atoms with Crippen LogP contribution in [-0.4, -0.2) is 18.5 Å². The first-order chi connectivity index (χ1) is 8.22. The molecule has 0 saturated heterocycles. The van der Waals surface area contributed by atoms with E-state index in [1.54, 1.807) is 18.2 Å². The smallest absolute Gasteiger partial charge is 0.160 e. The molecule has 1 unspecified atom stereocenters. The fourth-order valence-electron chi connectivity index (χ4n) is 1.97. The normalized spacial score (nSPS) is 22.4. The molecule has 0 amide bonds. The number of aromatic hydroxyl groups is 1. The molecule has 0 bridgehead atoms. The Labute approximate surface area is 100 Å². The molecule has 3 heteroatoms. The van der Waals surface area contributed by atoms with Crippen LogP contribution in [0.4, 0.5) is 0 Å². The summed E-state index contributed by atoms with van der Waals surface area (Å²) in [6, 6.07) is 4.99. The van der Waals surface area contributed by atoms with E-state index in [1.807, 2.05) is 24.3 Å². The lowest BCUT2D eigenvalue weighted by Crippen LogP contribution is -2.25. The summed E-state index contributed by atoms with van der Waals surface area (Å²) in [4.78, 5) is 11.4. The molecule has 3 nitrogen and oxygen atoms in total. The zero-order chi connectivity index (χ0) is 12.3. The maximum absolute atomic E-state index is 11.4. The fourth-order valence-corrected chi connectivity index (χ4v) is 1.97. The largest absolute Gasteiger partial charge is 0.504 e. The lowest BCUT2D eigenvalue weighted by Gasteiger charge is -2.25. The van der Waals surface area contributed by atoms with Gasteiger partial charge in [-0.1, -0.05) is 30.4 Å². The van der Waals surface area contributed by atoms with Crippen LogP contribution in [0.3, 0.4) is 0 Å². The van der Waals surface area contributed by atoms with E-state index in [1.165, 1.54) is 7.11 Å². The molecule has 0 radical (unpaired) electrons. The van der Waals surface area contributed by atoms with Crippen LogP contribution in [0.2, 0.25) is 0 Å². The minimum atomic E-state index is -0.643. The SMILES string of the molecule is COc1cc(C2(C=O)C=CC=CC2)ccc1O. The van der Waals surface area contributed by atoms with E-state index < -0.39 is 5.41 Å². The summed E-state index contributed by atoms with van der Waals surface area (Å²) >= 11 is 0. The molecule has 0 aromatic heterocycles. The van der Waals surface area contributed by atoms with E-state index in [-0.39, 0.29) is 5.75 Å². The molecule has 0 heterocycles. The number of aldehydes is 1. The van der Waals surface area contributed by atoms with Gasteiger partial charge in [0.2, 0.25) is 0 Å². The molecule has 1 atom stereocenters. The maximum Gasteiger partial charge on any atom is 0.160 e. The summed E-state index contributed by atoms with van der Waals surface area (Å²) in [5, 5.41) is 9.54. The second-order valence-electron chi connectivity index (χ2n) is 4.04. The molecule has 1 aromatic carbocycles. The number of carbonyl (C=O) groups is 1. The van der Waals surface area contributed by atoms with Crippen molar-refractivity contribution in [3.05, 3.63) is 48.1 Å². The minimum absolute atomic E-state index is 0.0765. The Morgan fingerprint density at radius 2 is 2.24 bits per heavy atom. The topological polar surface area (TPSA) is 46.5 Å². The van der Waals surface area contributed by atoms with Crippen molar-refractivity contribution in [1.82, 2.24) is 0 Å². The van der Waals surface area contributed by atoms with Gasteiger partial charge in [0.05, 0.1) is 12.5 Å². The highest BCUT2D eigenvalue weighted by Crippen LogP contribution is 2.35. The first-order valence-electron chi connectivity index (χ1n) is 5.40. The predicted molar refractivity (Wildman–Crippen MR) is 65.3 cm³/mol. The molecule has 0 spiro atoms. The Kier molecular flexibility index (Phi) is 3.00. The fraction of sp³-hybridized carbons (Fsp3) is 0.214. The Hall–Kier alpha value is -2.03. The van der Waals surface area contributed by atoms with Crippen LogP contribution in [-0.2, 0) is 10.2 Å². The summed E-state index contributed by atoms with van der Waals surface area (Å²) in [7, 11) is 1.49. The number of hydrogen-bond acceptors (Lipinski definition) is 3. The second-order valence-corrected chi connectivity index (χ2v) is 4.04. The van der Waals surface area contributed by atoms with Crippen molar-refractivity contribution in [3.63, 3.8) is 0 Å². The quantitative estimate of drug-likeness (QED) is 0.811. The number of phenolic OH excluding ortho intramolecular Hbond substituents is 1. The molecule has 88 valence electrons. The number of carbonyl (C=O) groups excluding carboxylic acids is 1. The van der Waals surface area contributed by atoms with E-state index >= 15 is 0 Å². The van der Waals surface area contributed by atoms with Crippen LogP contribution in [0.5, 0.6) is 11.5 Å². The zero-order valence-corrected chi connectivity index (χ0v) is 9.59. The van der Waals surface area contributed by atoms with Gasteiger partial charge in [0.25, 0.3) is 0 Å². The third-order valence-electron chi connectivity index (χ3n) is 3.02. The van der Waals surface area contributed by atoms with Gasteiger partial charge in [-0.15, -0.1) is 0 Å². The first kappa shape index (κ1) is 11.5. The Morgan fingerprint density at radius 3 is 2.82 bits per heavy atom. The number of rotatable bonds is 3. The van der Waals surface area contributed by atoms with Gasteiger partial charge in [0.15, 0.2) is 11.5 Å². The third kappa shape index (κ3) is 1.96. The molecule has 0 aliphatic heterocycles. The first-order valence-corrected chi connectivity index (χ1v) is 5.40. The number of hydrogen-bond donors (Lipinski definition) is 1. The van der Waals surface area contributed by atoms with Crippen LogP contribution in [0.1, 0.15) is 12.0 Å². The Balaban J connectivity index is 2.48. The van der Waals surface area contributed by atoms with Gasteiger partial charge in [0, 0.05) is 0 Å². The standard InChI is InChI=1S/C14H14O3/c1-17-13-9-11(5-6-12(13)16)14(10-15)7-3-2-4-8-14/h2-7,9-10,16H,8H2,1H3. The molecular formula is C14H14O3. The number of allylic oxidation sites excluding steroid dienone is 4. The van der Waals surface area contributed by atoms with Crippen molar-refractivity contribution in [2.45, 2.75) is 11.8 Å². The minimum Gasteiger partial charge on any atom is -0.504 e. The van der Waals surface area contributed by atoms with Crippen LogP contribution in [0.25, 0.3) is 0 Å². The molecule has 1 N–H and O–H groups in total. The molecular weight excluding hydrogens is 216 g/mol. The van der Waals surface area contributed by atoms with Crippen molar-refractivity contribution in [3.8, 4) is 11.5 Å².